The number of anilines is 2. The van der Waals surface area contributed by atoms with Crippen LogP contribution in [0.1, 0.15) is 33.8 Å². The van der Waals surface area contributed by atoms with Gasteiger partial charge in [-0.15, -0.1) is 11.8 Å². The minimum Gasteiger partial charge on any atom is -0.322 e. The van der Waals surface area contributed by atoms with Gasteiger partial charge < -0.3 is 5.32 Å². The van der Waals surface area contributed by atoms with Crippen LogP contribution in [0.4, 0.5) is 17.1 Å². The normalized spacial score (nSPS) is 15.6. The SMILES string of the molecule is CCc1cccc(N2C(=O)CS[C@@H]2c2ccc(NC(=O)c3cccc([N+](=O)[O-])c3)cc2)c1. The van der Waals surface area contributed by atoms with Crippen LogP contribution >= 0.6 is 11.8 Å². The first-order valence-electron chi connectivity index (χ1n) is 10.1. The third-order valence-electron chi connectivity index (χ3n) is 5.24. The number of thioether (sulfide) groups is 1. The van der Waals surface area contributed by atoms with E-state index in [0.717, 1.165) is 17.7 Å². The van der Waals surface area contributed by atoms with Crippen LogP contribution in [0.25, 0.3) is 0 Å². The molecule has 0 saturated carbocycles. The number of nitrogens with one attached hydrogen (secondary N) is 1. The van der Waals surface area contributed by atoms with E-state index in [9.17, 15) is 19.7 Å². The van der Waals surface area contributed by atoms with Crippen molar-refractivity contribution in [3.05, 3.63) is 99.6 Å². The van der Waals surface area contributed by atoms with Crippen LogP contribution < -0.4 is 10.2 Å². The summed E-state index contributed by atoms with van der Waals surface area (Å²) in [6.07, 6.45) is 0.895. The monoisotopic (exact) mass is 447 g/mol. The Morgan fingerprint density at radius 3 is 2.59 bits per heavy atom. The zero-order valence-corrected chi connectivity index (χ0v) is 18.2. The summed E-state index contributed by atoms with van der Waals surface area (Å²) in [7, 11) is 0. The van der Waals surface area contributed by atoms with Gasteiger partial charge in [-0.05, 0) is 47.9 Å². The molecule has 162 valence electrons. The molecule has 1 fully saturated rings. The highest BCUT2D eigenvalue weighted by atomic mass is 32.2. The van der Waals surface area contributed by atoms with Crippen molar-refractivity contribution < 1.29 is 14.5 Å². The number of aryl methyl sites for hydroxylation is 1. The van der Waals surface area contributed by atoms with Crippen molar-refractivity contribution in [3.63, 3.8) is 0 Å². The maximum atomic E-state index is 12.6. The predicted molar refractivity (Wildman–Crippen MR) is 126 cm³/mol. The number of hydrogen-bond acceptors (Lipinski definition) is 5. The highest BCUT2D eigenvalue weighted by Gasteiger charge is 2.34. The molecule has 1 saturated heterocycles. The van der Waals surface area contributed by atoms with E-state index < -0.39 is 10.8 Å². The number of carbonyl (C=O) groups is 2. The van der Waals surface area contributed by atoms with Gasteiger partial charge >= 0.3 is 0 Å². The second-order valence-electron chi connectivity index (χ2n) is 7.33. The first-order chi connectivity index (χ1) is 15.5. The molecule has 8 heteroatoms. The van der Waals surface area contributed by atoms with Gasteiger partial charge in [-0.3, -0.25) is 24.6 Å². The van der Waals surface area contributed by atoms with Gasteiger partial charge in [0.05, 0.1) is 10.7 Å². The second-order valence-corrected chi connectivity index (χ2v) is 8.40. The Morgan fingerprint density at radius 2 is 1.88 bits per heavy atom. The van der Waals surface area contributed by atoms with Crippen LogP contribution in [0.5, 0.6) is 0 Å². The highest BCUT2D eigenvalue weighted by molar-refractivity contribution is 8.00. The summed E-state index contributed by atoms with van der Waals surface area (Å²) in [4.78, 5) is 37.3. The molecule has 0 radical (unpaired) electrons. The minimum absolute atomic E-state index is 0.0660. The average Bonchev–Trinajstić information content (AvgIpc) is 3.21. The van der Waals surface area contributed by atoms with Crippen molar-refractivity contribution in [2.75, 3.05) is 16.0 Å². The highest BCUT2D eigenvalue weighted by Crippen LogP contribution is 2.42. The lowest BCUT2D eigenvalue weighted by molar-refractivity contribution is -0.384. The summed E-state index contributed by atoms with van der Waals surface area (Å²) in [5, 5.41) is 13.5. The van der Waals surface area contributed by atoms with E-state index in [1.807, 2.05) is 41.3 Å². The van der Waals surface area contributed by atoms with Gasteiger partial charge in [0, 0.05) is 29.1 Å². The summed E-state index contributed by atoms with van der Waals surface area (Å²) >= 11 is 1.57. The van der Waals surface area contributed by atoms with Crippen molar-refractivity contribution in [3.8, 4) is 0 Å². The zero-order valence-electron chi connectivity index (χ0n) is 17.4. The number of benzene rings is 3. The van der Waals surface area contributed by atoms with E-state index in [4.69, 9.17) is 0 Å². The van der Waals surface area contributed by atoms with Gasteiger partial charge in [-0.2, -0.15) is 0 Å². The largest absolute Gasteiger partial charge is 0.322 e. The van der Waals surface area contributed by atoms with Crippen LogP contribution in [0.3, 0.4) is 0 Å². The van der Waals surface area contributed by atoms with Crippen LogP contribution in [0.15, 0.2) is 72.8 Å². The fraction of sp³-hybridized carbons (Fsp3) is 0.167. The van der Waals surface area contributed by atoms with E-state index in [-0.39, 0.29) is 22.5 Å². The number of rotatable bonds is 6. The summed E-state index contributed by atoms with van der Waals surface area (Å²) in [5.74, 6) is 0.0490. The predicted octanol–water partition coefficient (Wildman–Crippen LogP) is 5.19. The van der Waals surface area contributed by atoms with Crippen LogP contribution in [-0.4, -0.2) is 22.5 Å². The van der Waals surface area contributed by atoms with Gasteiger partial charge in [-0.25, -0.2) is 0 Å². The molecule has 32 heavy (non-hydrogen) atoms. The summed E-state index contributed by atoms with van der Waals surface area (Å²) in [6.45, 7) is 2.08. The summed E-state index contributed by atoms with van der Waals surface area (Å²) in [6, 6.07) is 20.9. The molecule has 3 aromatic rings. The molecule has 3 aromatic carbocycles. The van der Waals surface area contributed by atoms with E-state index in [1.54, 1.807) is 23.9 Å². The number of hydrogen-bond donors (Lipinski definition) is 1. The third kappa shape index (κ3) is 4.50. The summed E-state index contributed by atoms with van der Waals surface area (Å²) in [5.41, 5.74) is 3.65. The van der Waals surface area contributed by atoms with E-state index in [1.165, 1.54) is 29.8 Å². The van der Waals surface area contributed by atoms with Gasteiger partial charge in [0.2, 0.25) is 5.91 Å². The van der Waals surface area contributed by atoms with Crippen molar-refractivity contribution >= 4 is 40.6 Å². The quantitative estimate of drug-likeness (QED) is 0.415. The van der Waals surface area contributed by atoms with E-state index >= 15 is 0 Å². The standard InChI is InChI=1S/C24H21N3O4S/c1-2-16-5-3-7-20(13-16)26-22(28)15-32-24(26)17-9-11-19(12-10-17)25-23(29)18-6-4-8-21(14-18)27(30)31/h3-14,24H,2,15H2,1H3,(H,25,29)/t24-/m1/s1. The van der Waals surface area contributed by atoms with E-state index in [0.29, 0.717) is 11.4 Å². The molecule has 4 rings (SSSR count). The third-order valence-corrected chi connectivity index (χ3v) is 6.45. The number of nitro benzene ring substituents is 1. The smallest absolute Gasteiger partial charge is 0.270 e. The van der Waals surface area contributed by atoms with E-state index in [2.05, 4.69) is 12.2 Å². The fourth-order valence-corrected chi connectivity index (χ4v) is 4.75. The summed E-state index contributed by atoms with van der Waals surface area (Å²) < 4.78 is 0. The molecule has 2 amide bonds. The molecule has 0 aliphatic carbocycles. The Morgan fingerprint density at radius 1 is 1.12 bits per heavy atom. The van der Waals surface area contributed by atoms with Gasteiger partial charge in [0.1, 0.15) is 5.37 Å². The number of amides is 2. The van der Waals surface area contributed by atoms with Crippen molar-refractivity contribution in [1.29, 1.82) is 0 Å². The van der Waals surface area contributed by atoms with Crippen LogP contribution in [-0.2, 0) is 11.2 Å². The van der Waals surface area contributed by atoms with Gasteiger partial charge in [0.25, 0.3) is 11.6 Å². The molecule has 1 N–H and O–H groups in total. The number of nitro groups is 1. The number of nitrogens with zero attached hydrogens (tertiary/aromatic N) is 2. The topological polar surface area (TPSA) is 92.6 Å². The average molecular weight is 448 g/mol. The van der Waals surface area contributed by atoms with Crippen LogP contribution in [0, 0.1) is 10.1 Å². The molecule has 0 aromatic heterocycles. The van der Waals surface area contributed by atoms with Crippen molar-refractivity contribution in [1.82, 2.24) is 0 Å². The Kier molecular flexibility index (Phi) is 6.23. The van der Waals surface area contributed by atoms with Gasteiger partial charge in [-0.1, -0.05) is 37.3 Å². The Hall–Kier alpha value is -3.65. The number of non-ortho nitro benzene ring substituents is 1. The fourth-order valence-electron chi connectivity index (χ4n) is 3.57. The second kappa shape index (κ2) is 9.23. The minimum atomic E-state index is -0.534. The maximum absolute atomic E-state index is 12.6. The first-order valence-corrected chi connectivity index (χ1v) is 11.2. The lowest BCUT2D eigenvalue weighted by Crippen LogP contribution is -2.27. The molecular formula is C24H21N3O4S. The molecule has 1 aliphatic rings. The first kappa shape index (κ1) is 21.6. The Balaban J connectivity index is 1.51. The van der Waals surface area contributed by atoms with Crippen LogP contribution in [0.2, 0.25) is 0 Å². The van der Waals surface area contributed by atoms with Crippen molar-refractivity contribution in [2.45, 2.75) is 18.7 Å². The molecule has 0 unspecified atom stereocenters. The molecule has 7 nitrogen and oxygen atoms in total. The lowest BCUT2D eigenvalue weighted by Gasteiger charge is -2.25. The number of carbonyl (C=O) groups excluding carboxylic acids is 2. The van der Waals surface area contributed by atoms with Crippen molar-refractivity contribution in [2.24, 2.45) is 0 Å². The Bertz CT molecular complexity index is 1180. The Labute approximate surface area is 189 Å². The van der Waals surface area contributed by atoms with Gasteiger partial charge in [0.15, 0.2) is 0 Å². The molecule has 1 heterocycles. The molecule has 1 aliphatic heterocycles. The molecule has 0 spiro atoms. The lowest BCUT2D eigenvalue weighted by atomic mass is 10.1. The molecule has 0 bridgehead atoms. The molecule has 1 atom stereocenters. The molecular weight excluding hydrogens is 426 g/mol. The zero-order chi connectivity index (χ0) is 22.7. The maximum Gasteiger partial charge on any atom is 0.270 e.